The van der Waals surface area contributed by atoms with E-state index in [9.17, 15) is 4.79 Å². The smallest absolute Gasteiger partial charge is 0.292 e. The lowest BCUT2D eigenvalue weighted by atomic mass is 10.3. The minimum absolute atomic E-state index is 0.148. The largest absolute Gasteiger partial charge is 0.385 e. The SMILES string of the molecule is O=c1c(Cl)c(NCCCNc2ccccc2)cnn1-c1ccccc1. The topological polar surface area (TPSA) is 59.0 Å². The van der Waals surface area contributed by atoms with Gasteiger partial charge in [0, 0.05) is 18.8 Å². The molecule has 0 atom stereocenters. The quantitative estimate of drug-likeness (QED) is 0.634. The maximum Gasteiger partial charge on any atom is 0.292 e. The molecule has 2 N–H and O–H groups in total. The molecule has 0 spiro atoms. The summed E-state index contributed by atoms with van der Waals surface area (Å²) >= 11 is 6.21. The molecule has 2 aromatic carbocycles. The number of anilines is 2. The molecular weight excluding hydrogens is 336 g/mol. The Hall–Kier alpha value is -2.79. The molecule has 0 aliphatic rings. The molecule has 3 rings (SSSR count). The number of aromatic nitrogens is 2. The van der Waals surface area contributed by atoms with Gasteiger partial charge in [0.2, 0.25) is 0 Å². The first-order valence-corrected chi connectivity index (χ1v) is 8.49. The minimum atomic E-state index is -0.333. The zero-order chi connectivity index (χ0) is 17.5. The van der Waals surface area contributed by atoms with E-state index in [-0.39, 0.29) is 10.6 Å². The van der Waals surface area contributed by atoms with Crippen molar-refractivity contribution in [2.45, 2.75) is 6.42 Å². The molecule has 0 unspecified atom stereocenters. The summed E-state index contributed by atoms with van der Waals surface area (Å²) in [6, 6.07) is 19.2. The fourth-order valence-electron chi connectivity index (χ4n) is 2.41. The molecule has 0 bridgehead atoms. The average Bonchev–Trinajstić information content (AvgIpc) is 2.66. The van der Waals surface area contributed by atoms with Gasteiger partial charge < -0.3 is 10.6 Å². The first-order chi connectivity index (χ1) is 12.3. The van der Waals surface area contributed by atoms with Crippen LogP contribution >= 0.6 is 11.6 Å². The standard InChI is InChI=1S/C19H19ClN4O/c20-18-17(22-13-7-12-21-15-8-3-1-4-9-15)14-23-24(19(18)25)16-10-5-2-6-11-16/h1-6,8-11,14,21-22H,7,12-13H2. The van der Waals surface area contributed by atoms with Crippen LogP contribution < -0.4 is 16.2 Å². The highest BCUT2D eigenvalue weighted by Gasteiger charge is 2.09. The second-order valence-corrected chi connectivity index (χ2v) is 5.88. The van der Waals surface area contributed by atoms with Gasteiger partial charge in [-0.05, 0) is 30.7 Å². The van der Waals surface area contributed by atoms with Crippen molar-refractivity contribution in [3.8, 4) is 5.69 Å². The van der Waals surface area contributed by atoms with Crippen LogP contribution in [0.5, 0.6) is 0 Å². The number of hydrogen-bond donors (Lipinski definition) is 2. The van der Waals surface area contributed by atoms with Crippen LogP contribution in [0.25, 0.3) is 5.69 Å². The van der Waals surface area contributed by atoms with Crippen LogP contribution in [-0.2, 0) is 0 Å². The van der Waals surface area contributed by atoms with E-state index in [2.05, 4.69) is 15.7 Å². The molecule has 0 radical (unpaired) electrons. The van der Waals surface area contributed by atoms with E-state index < -0.39 is 0 Å². The summed E-state index contributed by atoms with van der Waals surface area (Å²) in [6.07, 6.45) is 2.47. The van der Waals surface area contributed by atoms with E-state index in [1.807, 2.05) is 60.7 Å². The lowest BCUT2D eigenvalue weighted by Gasteiger charge is -2.11. The van der Waals surface area contributed by atoms with Gasteiger partial charge in [0.1, 0.15) is 5.02 Å². The van der Waals surface area contributed by atoms with Gasteiger partial charge in [-0.1, -0.05) is 48.0 Å². The van der Waals surface area contributed by atoms with Crippen LogP contribution in [0.1, 0.15) is 6.42 Å². The van der Waals surface area contributed by atoms with E-state index in [0.717, 1.165) is 18.7 Å². The average molecular weight is 355 g/mol. The highest BCUT2D eigenvalue weighted by molar-refractivity contribution is 6.32. The molecular formula is C19H19ClN4O. The lowest BCUT2D eigenvalue weighted by molar-refractivity contribution is 0.805. The Morgan fingerprint density at radius 3 is 2.28 bits per heavy atom. The Bertz CT molecular complexity index is 866. The van der Waals surface area contributed by atoms with Crippen LogP contribution in [0.2, 0.25) is 5.02 Å². The van der Waals surface area contributed by atoms with Crippen LogP contribution in [0.3, 0.4) is 0 Å². The van der Waals surface area contributed by atoms with Gasteiger partial charge in [-0.2, -0.15) is 9.78 Å². The lowest BCUT2D eigenvalue weighted by Crippen LogP contribution is -2.23. The normalized spacial score (nSPS) is 10.4. The van der Waals surface area contributed by atoms with Crippen molar-refractivity contribution in [2.24, 2.45) is 0 Å². The van der Waals surface area contributed by atoms with Crippen LogP contribution in [-0.4, -0.2) is 22.9 Å². The fraction of sp³-hybridized carbons (Fsp3) is 0.158. The van der Waals surface area contributed by atoms with Gasteiger partial charge in [0.25, 0.3) is 5.56 Å². The summed E-state index contributed by atoms with van der Waals surface area (Å²) in [5.41, 5.74) is 2.00. The Morgan fingerprint density at radius 1 is 0.920 bits per heavy atom. The van der Waals surface area contributed by atoms with Gasteiger partial charge in [-0.15, -0.1) is 0 Å². The molecule has 0 fully saturated rings. The highest BCUT2D eigenvalue weighted by Crippen LogP contribution is 2.16. The zero-order valence-electron chi connectivity index (χ0n) is 13.7. The molecule has 5 nitrogen and oxygen atoms in total. The zero-order valence-corrected chi connectivity index (χ0v) is 14.4. The van der Waals surface area contributed by atoms with Crippen molar-refractivity contribution in [1.29, 1.82) is 0 Å². The monoisotopic (exact) mass is 354 g/mol. The second kappa shape index (κ2) is 8.35. The number of halogens is 1. The third-order valence-electron chi connectivity index (χ3n) is 3.69. The number of benzene rings is 2. The van der Waals surface area contributed by atoms with Gasteiger partial charge in [0.15, 0.2) is 0 Å². The summed E-state index contributed by atoms with van der Waals surface area (Å²) in [5.74, 6) is 0. The third kappa shape index (κ3) is 4.39. The Kier molecular flexibility index (Phi) is 5.69. The van der Waals surface area contributed by atoms with Gasteiger partial charge in [0.05, 0.1) is 17.6 Å². The number of nitrogens with one attached hydrogen (secondary N) is 2. The molecule has 0 saturated heterocycles. The molecule has 1 aromatic heterocycles. The molecule has 0 aliphatic heterocycles. The van der Waals surface area contributed by atoms with Crippen molar-refractivity contribution < 1.29 is 0 Å². The predicted molar refractivity (Wildman–Crippen MR) is 103 cm³/mol. The van der Waals surface area contributed by atoms with E-state index >= 15 is 0 Å². The molecule has 6 heteroatoms. The second-order valence-electron chi connectivity index (χ2n) is 5.50. The number of hydrogen-bond acceptors (Lipinski definition) is 4. The fourth-order valence-corrected chi connectivity index (χ4v) is 2.60. The Balaban J connectivity index is 1.56. The maximum absolute atomic E-state index is 12.4. The molecule has 25 heavy (non-hydrogen) atoms. The maximum atomic E-state index is 12.4. The summed E-state index contributed by atoms with van der Waals surface area (Å²) in [7, 11) is 0. The molecule has 3 aromatic rings. The van der Waals surface area contributed by atoms with Crippen LogP contribution in [0.4, 0.5) is 11.4 Å². The van der Waals surface area contributed by atoms with E-state index in [0.29, 0.717) is 17.9 Å². The summed E-state index contributed by atoms with van der Waals surface area (Å²) in [6.45, 7) is 1.51. The summed E-state index contributed by atoms with van der Waals surface area (Å²) in [4.78, 5) is 12.4. The van der Waals surface area contributed by atoms with Crippen LogP contribution in [0.15, 0.2) is 71.7 Å². The van der Waals surface area contributed by atoms with Gasteiger partial charge >= 0.3 is 0 Å². The summed E-state index contributed by atoms with van der Waals surface area (Å²) in [5, 5.41) is 10.8. The van der Waals surface area contributed by atoms with Gasteiger partial charge in [-0.25, -0.2) is 0 Å². The third-order valence-corrected chi connectivity index (χ3v) is 4.06. The first kappa shape index (κ1) is 17.0. The molecule has 128 valence electrons. The summed E-state index contributed by atoms with van der Waals surface area (Å²) < 4.78 is 1.30. The number of nitrogens with zero attached hydrogens (tertiary/aromatic N) is 2. The Labute approximate surface area is 151 Å². The van der Waals surface area contributed by atoms with Gasteiger partial charge in [-0.3, -0.25) is 4.79 Å². The Morgan fingerprint density at radius 2 is 1.56 bits per heavy atom. The highest BCUT2D eigenvalue weighted by atomic mass is 35.5. The van der Waals surface area contributed by atoms with E-state index in [1.54, 1.807) is 6.20 Å². The van der Waals surface area contributed by atoms with E-state index in [1.165, 1.54) is 4.68 Å². The number of rotatable bonds is 7. The van der Waals surface area contributed by atoms with Crippen molar-refractivity contribution in [3.63, 3.8) is 0 Å². The van der Waals surface area contributed by atoms with E-state index in [4.69, 9.17) is 11.6 Å². The predicted octanol–water partition coefficient (Wildman–Crippen LogP) is 3.80. The molecule has 0 aliphatic carbocycles. The minimum Gasteiger partial charge on any atom is -0.385 e. The molecule has 0 saturated carbocycles. The molecule has 0 amide bonds. The molecule has 1 heterocycles. The van der Waals surface area contributed by atoms with Crippen LogP contribution in [0, 0.1) is 0 Å². The number of para-hydroxylation sites is 2. The van der Waals surface area contributed by atoms with Crippen molar-refractivity contribution in [1.82, 2.24) is 9.78 Å². The van der Waals surface area contributed by atoms with Crippen molar-refractivity contribution in [3.05, 3.63) is 82.2 Å². The first-order valence-electron chi connectivity index (χ1n) is 8.12. The van der Waals surface area contributed by atoms with Crippen molar-refractivity contribution in [2.75, 3.05) is 23.7 Å². The van der Waals surface area contributed by atoms with Crippen molar-refractivity contribution >= 4 is 23.0 Å².